The van der Waals surface area contributed by atoms with E-state index in [0.29, 0.717) is 6.42 Å². The van der Waals surface area contributed by atoms with Gasteiger partial charge in [-0.3, -0.25) is 9.59 Å². The highest BCUT2D eigenvalue weighted by Crippen LogP contribution is 2.53. The molecule has 1 N–H and O–H groups in total. The third kappa shape index (κ3) is 2.30. The molecule has 0 bridgehead atoms. The number of carbonyl (C=O) groups excluding carboxylic acids is 1. The summed E-state index contributed by atoms with van der Waals surface area (Å²) < 4.78 is 10.7. The molecule has 1 heterocycles. The maximum Gasteiger partial charge on any atom is 0.321 e. The van der Waals surface area contributed by atoms with Crippen LogP contribution >= 0.6 is 0 Å². The number of aliphatic carboxylic acids is 1. The summed E-state index contributed by atoms with van der Waals surface area (Å²) in [5.41, 5.74) is 3.15. The normalized spacial score (nSPS) is 26.7. The second-order valence-corrected chi connectivity index (χ2v) is 6.85. The molecule has 2 aromatic carbocycles. The van der Waals surface area contributed by atoms with E-state index in [1.165, 1.54) is 0 Å². The van der Waals surface area contributed by atoms with E-state index in [1.54, 1.807) is 7.11 Å². The zero-order valence-electron chi connectivity index (χ0n) is 14.0. The standard InChI is InChI=1S/C20H18O5/c1-20-10-13-4-3-12(11-5-7-14(24-2)8-6-11)9-15(13)17(20)16(18(21)22)19(23)25-20/h3-9,16-17H,10H2,1-2H3,(H,21,22)/t16-,17+,20+/m1/s1. The van der Waals surface area contributed by atoms with E-state index in [0.717, 1.165) is 28.0 Å². The maximum atomic E-state index is 12.1. The summed E-state index contributed by atoms with van der Waals surface area (Å²) >= 11 is 0. The average Bonchev–Trinajstić information content (AvgIpc) is 3.01. The van der Waals surface area contributed by atoms with Crippen LogP contribution in [-0.2, 0) is 20.7 Å². The summed E-state index contributed by atoms with van der Waals surface area (Å²) in [6, 6.07) is 13.7. The Hall–Kier alpha value is -2.82. The first kappa shape index (κ1) is 15.7. The quantitative estimate of drug-likeness (QED) is 0.688. The fourth-order valence-electron chi connectivity index (χ4n) is 4.13. The molecule has 1 aliphatic heterocycles. The van der Waals surface area contributed by atoms with E-state index in [-0.39, 0.29) is 0 Å². The van der Waals surface area contributed by atoms with Crippen LogP contribution in [0.5, 0.6) is 5.75 Å². The topological polar surface area (TPSA) is 72.8 Å². The molecule has 3 atom stereocenters. The zero-order valence-corrected chi connectivity index (χ0v) is 14.0. The van der Waals surface area contributed by atoms with Crippen molar-refractivity contribution in [2.45, 2.75) is 24.9 Å². The lowest BCUT2D eigenvalue weighted by molar-refractivity contribution is -0.155. The second-order valence-electron chi connectivity index (χ2n) is 6.85. The van der Waals surface area contributed by atoms with Crippen LogP contribution in [0.15, 0.2) is 42.5 Å². The van der Waals surface area contributed by atoms with Crippen molar-refractivity contribution in [3.05, 3.63) is 53.6 Å². The first-order valence-electron chi connectivity index (χ1n) is 8.16. The van der Waals surface area contributed by atoms with Gasteiger partial charge in [0, 0.05) is 12.3 Å². The molecule has 2 aliphatic rings. The minimum Gasteiger partial charge on any atom is -0.497 e. The molecule has 0 amide bonds. The van der Waals surface area contributed by atoms with E-state index in [2.05, 4.69) is 0 Å². The highest BCUT2D eigenvalue weighted by atomic mass is 16.6. The molecule has 25 heavy (non-hydrogen) atoms. The Morgan fingerprint density at radius 1 is 1.20 bits per heavy atom. The van der Waals surface area contributed by atoms with Gasteiger partial charge in [-0.1, -0.05) is 30.3 Å². The number of hydrogen-bond acceptors (Lipinski definition) is 4. The number of carboxylic acids is 1. The van der Waals surface area contributed by atoms with E-state index in [4.69, 9.17) is 9.47 Å². The summed E-state index contributed by atoms with van der Waals surface area (Å²) in [4.78, 5) is 23.7. The molecule has 4 rings (SSSR count). The van der Waals surface area contributed by atoms with Gasteiger partial charge in [0.1, 0.15) is 11.4 Å². The van der Waals surface area contributed by atoms with E-state index >= 15 is 0 Å². The van der Waals surface area contributed by atoms with Crippen molar-refractivity contribution in [2.75, 3.05) is 7.11 Å². The number of carbonyl (C=O) groups is 2. The Morgan fingerprint density at radius 2 is 1.88 bits per heavy atom. The molecule has 1 saturated heterocycles. The summed E-state index contributed by atoms with van der Waals surface area (Å²) in [5.74, 6) is -2.58. The monoisotopic (exact) mass is 338 g/mol. The number of fused-ring (bicyclic) bond motifs is 3. The predicted octanol–water partition coefficient (Wildman–Crippen LogP) is 3.02. The maximum absolute atomic E-state index is 12.1. The van der Waals surface area contributed by atoms with Crippen LogP contribution in [0.2, 0.25) is 0 Å². The van der Waals surface area contributed by atoms with Gasteiger partial charge < -0.3 is 14.6 Å². The van der Waals surface area contributed by atoms with Gasteiger partial charge in [0.25, 0.3) is 0 Å². The third-order valence-corrected chi connectivity index (χ3v) is 5.29. The lowest BCUT2D eigenvalue weighted by atomic mass is 9.81. The van der Waals surface area contributed by atoms with Gasteiger partial charge in [0.2, 0.25) is 0 Å². The van der Waals surface area contributed by atoms with Crippen LogP contribution in [0, 0.1) is 5.92 Å². The van der Waals surface area contributed by atoms with Crippen molar-refractivity contribution in [3.8, 4) is 16.9 Å². The molecule has 0 aromatic heterocycles. The van der Waals surface area contributed by atoms with Gasteiger partial charge in [-0.25, -0.2) is 0 Å². The molecule has 0 spiro atoms. The fourth-order valence-corrected chi connectivity index (χ4v) is 4.13. The van der Waals surface area contributed by atoms with Crippen LogP contribution in [0.3, 0.4) is 0 Å². The smallest absolute Gasteiger partial charge is 0.321 e. The summed E-state index contributed by atoms with van der Waals surface area (Å²) in [7, 11) is 1.62. The van der Waals surface area contributed by atoms with Crippen molar-refractivity contribution in [1.82, 2.24) is 0 Å². The van der Waals surface area contributed by atoms with Gasteiger partial charge in [0.15, 0.2) is 5.92 Å². The van der Waals surface area contributed by atoms with Crippen molar-refractivity contribution >= 4 is 11.9 Å². The van der Waals surface area contributed by atoms with Gasteiger partial charge in [-0.2, -0.15) is 0 Å². The molecule has 128 valence electrons. The van der Waals surface area contributed by atoms with Crippen molar-refractivity contribution in [2.24, 2.45) is 5.92 Å². The number of ether oxygens (including phenoxy) is 2. The number of methoxy groups -OCH3 is 1. The number of carboxylic acid groups (broad SMARTS) is 1. The van der Waals surface area contributed by atoms with E-state index < -0.39 is 29.4 Å². The van der Waals surface area contributed by atoms with Crippen molar-refractivity contribution < 1.29 is 24.2 Å². The van der Waals surface area contributed by atoms with E-state index in [9.17, 15) is 14.7 Å². The largest absolute Gasteiger partial charge is 0.497 e. The molecule has 0 saturated carbocycles. The first-order valence-corrected chi connectivity index (χ1v) is 8.16. The number of benzene rings is 2. The Kier molecular flexibility index (Phi) is 3.35. The first-order chi connectivity index (χ1) is 11.9. The zero-order chi connectivity index (χ0) is 17.8. The lowest BCUT2D eigenvalue weighted by Gasteiger charge is -2.22. The minimum atomic E-state index is -1.14. The summed E-state index contributed by atoms with van der Waals surface area (Å²) in [6.07, 6.45) is 0.547. The molecule has 1 fully saturated rings. The Morgan fingerprint density at radius 3 is 2.52 bits per heavy atom. The highest BCUT2D eigenvalue weighted by molar-refractivity contribution is 5.98. The van der Waals surface area contributed by atoms with Gasteiger partial charge in [-0.05, 0) is 41.3 Å². The third-order valence-electron chi connectivity index (χ3n) is 5.29. The average molecular weight is 338 g/mol. The molecule has 5 nitrogen and oxygen atoms in total. The molecular formula is C20H18O5. The van der Waals surface area contributed by atoms with Crippen LogP contribution in [-0.4, -0.2) is 29.8 Å². The van der Waals surface area contributed by atoms with Crippen molar-refractivity contribution in [1.29, 1.82) is 0 Å². The van der Waals surface area contributed by atoms with E-state index in [1.807, 2.05) is 49.4 Å². The number of esters is 1. The SMILES string of the molecule is COc1ccc(-c2ccc3c(c2)[C@H]2[C@H](C(=O)O)C(=O)O[C@@]2(C)C3)cc1. The summed E-state index contributed by atoms with van der Waals surface area (Å²) in [5, 5.41) is 9.50. The minimum absolute atomic E-state index is 0.453. The Labute approximate surface area is 145 Å². The second kappa shape index (κ2) is 5.34. The van der Waals surface area contributed by atoms with Crippen LogP contribution in [0.4, 0.5) is 0 Å². The molecule has 0 radical (unpaired) electrons. The van der Waals surface area contributed by atoms with Gasteiger partial charge in [0.05, 0.1) is 7.11 Å². The Balaban J connectivity index is 1.78. The number of hydrogen-bond donors (Lipinski definition) is 1. The Bertz CT molecular complexity index is 870. The summed E-state index contributed by atoms with van der Waals surface area (Å²) in [6.45, 7) is 1.82. The van der Waals surface area contributed by atoms with Crippen LogP contribution in [0.25, 0.3) is 11.1 Å². The number of rotatable bonds is 3. The van der Waals surface area contributed by atoms with Gasteiger partial charge in [-0.15, -0.1) is 0 Å². The fraction of sp³-hybridized carbons (Fsp3) is 0.300. The van der Waals surface area contributed by atoms with Crippen LogP contribution in [0.1, 0.15) is 24.0 Å². The van der Waals surface area contributed by atoms with Crippen molar-refractivity contribution in [3.63, 3.8) is 0 Å². The van der Waals surface area contributed by atoms with Crippen LogP contribution < -0.4 is 4.74 Å². The molecular weight excluding hydrogens is 320 g/mol. The molecule has 5 heteroatoms. The lowest BCUT2D eigenvalue weighted by Crippen LogP contribution is -2.30. The molecule has 1 aliphatic carbocycles. The molecule has 0 unspecified atom stereocenters. The molecule has 2 aromatic rings. The van der Waals surface area contributed by atoms with Gasteiger partial charge >= 0.3 is 11.9 Å². The highest BCUT2D eigenvalue weighted by Gasteiger charge is 2.60. The predicted molar refractivity (Wildman–Crippen MR) is 90.5 cm³/mol.